The zero-order valence-corrected chi connectivity index (χ0v) is 52.7. The third-order valence-electron chi connectivity index (χ3n) is 12.4. The summed E-state index contributed by atoms with van der Waals surface area (Å²) in [5.74, 6) is -1.76. The van der Waals surface area contributed by atoms with E-state index < -0.39 is 104 Å². The smallest absolute Gasteiger partial charge is 0.240 e. The van der Waals surface area contributed by atoms with Crippen LogP contribution in [0.15, 0.2) is 118 Å². The van der Waals surface area contributed by atoms with Crippen molar-refractivity contribution in [1.29, 1.82) is 0 Å². The maximum absolute atomic E-state index is 11.9. The Labute approximate surface area is 515 Å². The molecule has 0 aliphatic rings. The van der Waals surface area contributed by atoms with Crippen molar-refractivity contribution < 1.29 is 101 Å². The lowest BCUT2D eigenvalue weighted by atomic mass is 9.92. The number of amides is 3. The number of likely N-dealkylation sites (N-methyl/N-ethyl adjacent to an activating group) is 2. The number of rotatable bonds is 30. The summed E-state index contributed by atoms with van der Waals surface area (Å²) in [5.41, 5.74) is -1.92. The van der Waals surface area contributed by atoms with Crippen molar-refractivity contribution in [3.63, 3.8) is 0 Å². The zero-order valence-electron chi connectivity index (χ0n) is 50.3. The van der Waals surface area contributed by atoms with E-state index in [1.807, 2.05) is 59.0 Å². The van der Waals surface area contributed by atoms with Crippen molar-refractivity contribution in [3.8, 4) is 0 Å². The Balaban J connectivity index is 0. The molecule has 0 aliphatic heterocycles. The second-order valence-corrected chi connectivity index (χ2v) is 24.6. The van der Waals surface area contributed by atoms with Gasteiger partial charge in [-0.05, 0) is 101 Å². The molecule has 33 heteroatoms. The van der Waals surface area contributed by atoms with Crippen molar-refractivity contribution in [2.45, 2.75) is 48.9 Å². The van der Waals surface area contributed by atoms with E-state index in [4.69, 9.17) is 76.7 Å². The van der Waals surface area contributed by atoms with Crippen LogP contribution in [0.25, 0.3) is 0 Å². The molecular formula is C55H93N9O21S3. The normalized spacial score (nSPS) is 11.6. The highest BCUT2D eigenvalue weighted by Crippen LogP contribution is 2.24. The lowest BCUT2D eigenvalue weighted by molar-refractivity contribution is -0.135. The molecule has 0 atom stereocenters. The van der Waals surface area contributed by atoms with E-state index in [9.17, 15) is 39.6 Å². The molecule has 4 aromatic carbocycles. The first kappa shape index (κ1) is 84.3. The standard InChI is InChI=1S/C12H18N2O5S.2C11H16N2O5S.C10H15NO2.C6H15NO2.C5H13NO2/c1-12(7-15,8-16)11(17)14-6-9-2-4-10(5-3-9)20(13,18)19;1-11(6-14,7-15)10(16)13-8-2-4-9(5-3-8)19(12,17)18;1-11(6-14,7-15)10(16)13-8-4-2-3-5-9(8)19(12,17)18;12-8-6-11(7-9-13)10-4-2-1-3-5-10;1-2-7(3-5-8)4-6-9;1-6(2-4-7)3-5-8/h2-5,15-16H,6-8H2,1H3,(H,14,17)(H2,13,18,19);2*2-5,14-15H,6-7H2,1H3,(H,13,16)(H2,12,17,18);1-5,12-13H,6-9H2;8-9H,2-6H2,1H3;7-8H,2-5H2,1H3. The summed E-state index contributed by atoms with van der Waals surface area (Å²) < 4.78 is 66.9. The fourth-order valence-electron chi connectivity index (χ4n) is 6.29. The molecule has 30 nitrogen and oxygen atoms in total. The monoisotopic (exact) mass is 1310 g/mol. The van der Waals surface area contributed by atoms with Crippen LogP contribution in [0.3, 0.4) is 0 Å². The van der Waals surface area contributed by atoms with Crippen LogP contribution < -0.4 is 36.3 Å². The lowest BCUT2D eigenvalue weighted by Gasteiger charge is -2.23. The third kappa shape index (κ3) is 32.7. The molecule has 4 rings (SSSR count). The Hall–Kier alpha value is -5.74. The summed E-state index contributed by atoms with van der Waals surface area (Å²) in [6.45, 7) is 8.73. The number of aliphatic hydroxyl groups excluding tert-OH is 12. The average Bonchev–Trinajstić information content (AvgIpc) is 2.32. The van der Waals surface area contributed by atoms with E-state index in [0.717, 1.165) is 12.2 Å². The summed E-state index contributed by atoms with van der Waals surface area (Å²) in [6, 6.07) is 26.3. The number of carbonyl (C=O) groups excluding carboxylic acids is 3. The van der Waals surface area contributed by atoms with Crippen LogP contribution in [0, 0.1) is 16.2 Å². The molecule has 0 heterocycles. The number of nitrogens with zero attached hydrogens (tertiary/aromatic N) is 3. The number of primary sulfonamides is 3. The number of aliphatic hydroxyl groups is 12. The summed E-state index contributed by atoms with van der Waals surface area (Å²) in [7, 11) is -9.64. The minimum Gasteiger partial charge on any atom is -0.395 e. The molecule has 4 aromatic rings. The van der Waals surface area contributed by atoms with E-state index in [2.05, 4.69) is 16.0 Å². The summed E-state index contributed by atoms with van der Waals surface area (Å²) >= 11 is 0. The molecule has 0 unspecified atom stereocenters. The van der Waals surface area contributed by atoms with Crippen LogP contribution in [-0.4, -0.2) is 246 Å². The number of benzene rings is 4. The number of sulfonamides is 3. The second-order valence-electron chi connectivity index (χ2n) is 19.9. The first-order chi connectivity index (χ1) is 41.2. The number of nitrogens with one attached hydrogen (secondary N) is 3. The van der Waals surface area contributed by atoms with Gasteiger partial charge in [0.1, 0.15) is 4.90 Å². The number of para-hydroxylation sites is 2. The predicted molar refractivity (Wildman–Crippen MR) is 330 cm³/mol. The van der Waals surface area contributed by atoms with Crippen molar-refractivity contribution in [3.05, 3.63) is 109 Å². The van der Waals surface area contributed by atoms with Crippen LogP contribution in [0.4, 0.5) is 17.1 Å². The van der Waals surface area contributed by atoms with Crippen LogP contribution >= 0.6 is 0 Å². The summed E-state index contributed by atoms with van der Waals surface area (Å²) in [5, 5.41) is 128. The van der Waals surface area contributed by atoms with Gasteiger partial charge in [0.05, 0.1) is 111 Å². The van der Waals surface area contributed by atoms with E-state index >= 15 is 0 Å². The average molecular weight is 1310 g/mol. The molecule has 502 valence electrons. The van der Waals surface area contributed by atoms with Crippen LogP contribution in [0.1, 0.15) is 33.3 Å². The Kier molecular flexibility index (Phi) is 42.0. The van der Waals surface area contributed by atoms with Gasteiger partial charge < -0.3 is 87.0 Å². The molecule has 0 spiro atoms. The molecule has 88 heavy (non-hydrogen) atoms. The summed E-state index contributed by atoms with van der Waals surface area (Å²) in [6.07, 6.45) is 0. The first-order valence-electron chi connectivity index (χ1n) is 27.0. The van der Waals surface area contributed by atoms with E-state index in [1.165, 1.54) is 93.6 Å². The van der Waals surface area contributed by atoms with E-state index in [0.29, 0.717) is 50.5 Å². The Morgan fingerprint density at radius 1 is 0.455 bits per heavy atom. The highest BCUT2D eigenvalue weighted by atomic mass is 32.2. The second kappa shape index (κ2) is 43.8. The molecule has 0 radical (unpaired) electrons. The molecule has 0 aromatic heterocycles. The Morgan fingerprint density at radius 2 is 0.818 bits per heavy atom. The number of nitrogens with two attached hydrogens (primary N) is 3. The quantitative estimate of drug-likeness (QED) is 0.0238. The predicted octanol–water partition coefficient (Wildman–Crippen LogP) is -3.86. The van der Waals surface area contributed by atoms with Gasteiger partial charge in [0.15, 0.2) is 0 Å². The van der Waals surface area contributed by atoms with Gasteiger partial charge in [0.2, 0.25) is 47.8 Å². The molecule has 0 fully saturated rings. The number of anilines is 3. The van der Waals surface area contributed by atoms with Gasteiger partial charge in [-0.3, -0.25) is 19.3 Å². The molecule has 3 amide bonds. The molecule has 0 bridgehead atoms. The van der Waals surface area contributed by atoms with E-state index in [-0.39, 0.29) is 66.6 Å². The minimum atomic E-state index is -3.98. The fraction of sp³-hybridized carbons (Fsp3) is 0.509. The fourth-order valence-corrected chi connectivity index (χ4v) is 8.01. The van der Waals surface area contributed by atoms with Crippen molar-refractivity contribution in [2.24, 2.45) is 31.7 Å². The number of hydrogen-bond acceptors (Lipinski definition) is 24. The van der Waals surface area contributed by atoms with Gasteiger partial charge in [-0.1, -0.05) is 49.4 Å². The van der Waals surface area contributed by atoms with Crippen LogP contribution in [0.5, 0.6) is 0 Å². The molecule has 21 N–H and O–H groups in total. The summed E-state index contributed by atoms with van der Waals surface area (Å²) in [4.78, 5) is 41.0. The third-order valence-corrected chi connectivity index (χ3v) is 15.3. The van der Waals surface area contributed by atoms with Gasteiger partial charge in [-0.25, -0.2) is 40.7 Å². The van der Waals surface area contributed by atoms with Gasteiger partial charge in [-0.2, -0.15) is 0 Å². The van der Waals surface area contributed by atoms with Crippen LogP contribution in [-0.2, 0) is 51.0 Å². The minimum absolute atomic E-state index is 0.00289. The van der Waals surface area contributed by atoms with Gasteiger partial charge >= 0.3 is 0 Å². The highest BCUT2D eigenvalue weighted by Gasteiger charge is 2.34. The Morgan fingerprint density at radius 3 is 1.18 bits per heavy atom. The number of carbonyl (C=O) groups is 3. The maximum atomic E-state index is 11.9. The van der Waals surface area contributed by atoms with E-state index in [1.54, 1.807) is 0 Å². The van der Waals surface area contributed by atoms with Crippen LogP contribution in [0.2, 0.25) is 0 Å². The van der Waals surface area contributed by atoms with Crippen molar-refractivity contribution >= 4 is 64.9 Å². The number of hydrogen-bond donors (Lipinski definition) is 18. The van der Waals surface area contributed by atoms with Gasteiger partial charge in [0.25, 0.3) is 0 Å². The molecule has 0 saturated heterocycles. The van der Waals surface area contributed by atoms with Crippen molar-refractivity contribution in [2.75, 3.05) is 148 Å². The SMILES string of the molecule is CC(CO)(CO)C(=O)NCc1ccc(S(N)(=O)=O)cc1.CC(CO)(CO)C(=O)Nc1ccc(S(N)(=O)=O)cc1.CC(CO)(CO)C(=O)Nc1ccccc1S(N)(=O)=O.CCN(CCO)CCO.CN(CCO)CCO.OCCN(CCO)c1ccccc1. The zero-order chi connectivity index (χ0) is 67.8. The van der Waals surface area contributed by atoms with Gasteiger partial charge in [-0.15, -0.1) is 0 Å². The first-order valence-corrected chi connectivity index (χ1v) is 31.7. The maximum Gasteiger partial charge on any atom is 0.240 e. The van der Waals surface area contributed by atoms with Crippen molar-refractivity contribution in [1.82, 2.24) is 15.1 Å². The van der Waals surface area contributed by atoms with Gasteiger partial charge in [0, 0.05) is 57.2 Å². The molecule has 0 aliphatic carbocycles. The molecular weight excluding hydrogens is 1220 g/mol. The largest absolute Gasteiger partial charge is 0.395 e. The highest BCUT2D eigenvalue weighted by molar-refractivity contribution is 7.89. The topological polar surface area (TPSA) is 520 Å². The molecule has 0 saturated carbocycles. The lowest BCUT2D eigenvalue weighted by Crippen LogP contribution is -2.43. The Bertz CT molecular complexity index is 2890.